The van der Waals surface area contributed by atoms with Crippen LogP contribution in [0.15, 0.2) is 22.7 Å². The molecule has 1 aromatic carbocycles. The predicted octanol–water partition coefficient (Wildman–Crippen LogP) is 3.04. The number of nitrogens with two attached hydrogens (primary N) is 1. The van der Waals surface area contributed by atoms with Crippen LogP contribution in [0.4, 0.5) is 11.4 Å². The van der Waals surface area contributed by atoms with E-state index in [1.807, 2.05) is 6.07 Å². The van der Waals surface area contributed by atoms with E-state index in [0.717, 1.165) is 25.7 Å². The molecule has 3 N–H and O–H groups in total. The van der Waals surface area contributed by atoms with Crippen molar-refractivity contribution in [1.29, 1.82) is 0 Å². The first-order valence-corrected chi connectivity index (χ1v) is 6.81. The Morgan fingerprint density at radius 1 is 1.33 bits per heavy atom. The van der Waals surface area contributed by atoms with Crippen molar-refractivity contribution in [2.45, 2.75) is 37.8 Å². The lowest BCUT2D eigenvalue weighted by Gasteiger charge is -2.27. The highest BCUT2D eigenvalue weighted by Crippen LogP contribution is 2.30. The Hall–Kier alpha value is -1.14. The quantitative estimate of drug-likeness (QED) is 0.664. The molecule has 0 spiro atoms. The summed E-state index contributed by atoms with van der Waals surface area (Å²) in [7, 11) is 0. The molecule has 1 aliphatic rings. The van der Waals surface area contributed by atoms with Crippen molar-refractivity contribution in [3.05, 3.63) is 32.8 Å². The number of nitro groups is 1. The average molecular weight is 314 g/mol. The van der Waals surface area contributed by atoms with Gasteiger partial charge in [0.25, 0.3) is 5.69 Å². The van der Waals surface area contributed by atoms with Crippen molar-refractivity contribution in [2.75, 3.05) is 5.32 Å². The minimum Gasteiger partial charge on any atom is -0.377 e. The summed E-state index contributed by atoms with van der Waals surface area (Å²) in [6.45, 7) is 0. The molecule has 1 aromatic rings. The van der Waals surface area contributed by atoms with E-state index in [1.54, 1.807) is 6.07 Å². The molecule has 0 radical (unpaired) electrons. The Balaban J connectivity index is 2.11. The highest BCUT2D eigenvalue weighted by Gasteiger charge is 2.21. The third-order valence-electron chi connectivity index (χ3n) is 3.29. The van der Waals surface area contributed by atoms with E-state index in [9.17, 15) is 10.1 Å². The van der Waals surface area contributed by atoms with Crippen molar-refractivity contribution in [3.8, 4) is 0 Å². The van der Waals surface area contributed by atoms with Gasteiger partial charge < -0.3 is 11.1 Å². The zero-order chi connectivity index (χ0) is 13.1. The number of hydrogen-bond acceptors (Lipinski definition) is 4. The largest absolute Gasteiger partial charge is 0.377 e. The van der Waals surface area contributed by atoms with Crippen LogP contribution in [0.25, 0.3) is 0 Å². The van der Waals surface area contributed by atoms with Gasteiger partial charge in [0.2, 0.25) is 0 Å². The maximum atomic E-state index is 11.0. The van der Waals surface area contributed by atoms with Crippen molar-refractivity contribution in [3.63, 3.8) is 0 Å². The minimum atomic E-state index is -0.359. The number of halogens is 1. The second-order valence-corrected chi connectivity index (χ2v) is 5.59. The summed E-state index contributed by atoms with van der Waals surface area (Å²) in [5.41, 5.74) is 6.54. The number of nitrogens with one attached hydrogen (secondary N) is 1. The fourth-order valence-electron chi connectivity index (χ4n) is 2.26. The Bertz CT molecular complexity index is 445. The molecule has 0 saturated heterocycles. The zero-order valence-corrected chi connectivity index (χ0v) is 11.5. The summed E-state index contributed by atoms with van der Waals surface area (Å²) in [5, 5.41) is 14.3. The Morgan fingerprint density at radius 2 is 2.00 bits per heavy atom. The third kappa shape index (κ3) is 3.20. The minimum absolute atomic E-state index is 0.110. The highest BCUT2D eigenvalue weighted by molar-refractivity contribution is 9.10. The van der Waals surface area contributed by atoms with Crippen LogP contribution in [0.5, 0.6) is 0 Å². The molecule has 2 rings (SSSR count). The zero-order valence-electron chi connectivity index (χ0n) is 9.93. The van der Waals surface area contributed by atoms with Crippen molar-refractivity contribution < 1.29 is 4.92 Å². The third-order valence-corrected chi connectivity index (χ3v) is 3.78. The van der Waals surface area contributed by atoms with E-state index in [1.165, 1.54) is 6.07 Å². The number of anilines is 1. The Labute approximate surface area is 114 Å². The second-order valence-electron chi connectivity index (χ2n) is 4.67. The molecule has 0 bridgehead atoms. The normalized spacial score (nSPS) is 23.7. The topological polar surface area (TPSA) is 81.2 Å². The molecule has 0 unspecified atom stereocenters. The van der Waals surface area contributed by atoms with Gasteiger partial charge >= 0.3 is 0 Å². The van der Waals surface area contributed by atoms with Gasteiger partial charge in [-0.3, -0.25) is 10.1 Å². The molecule has 1 saturated carbocycles. The predicted molar refractivity (Wildman–Crippen MR) is 74.7 cm³/mol. The number of nitro benzene ring substituents is 1. The maximum absolute atomic E-state index is 11.0. The maximum Gasteiger partial charge on any atom is 0.293 e. The van der Waals surface area contributed by atoms with Crippen LogP contribution >= 0.6 is 15.9 Å². The fourth-order valence-corrected chi connectivity index (χ4v) is 2.61. The van der Waals surface area contributed by atoms with Crippen molar-refractivity contribution in [1.82, 2.24) is 0 Å². The number of rotatable bonds is 3. The smallest absolute Gasteiger partial charge is 0.293 e. The van der Waals surface area contributed by atoms with Crippen LogP contribution in [0.2, 0.25) is 0 Å². The van der Waals surface area contributed by atoms with Gasteiger partial charge in [-0.25, -0.2) is 0 Å². The molecule has 98 valence electrons. The standard InChI is InChI=1S/C12H16BrN3O2/c13-8-1-6-11(12(7-8)16(17)18)15-10-4-2-9(14)3-5-10/h1,6-7,9-10,15H,2-5,14H2. The molecule has 6 heteroatoms. The molecular weight excluding hydrogens is 298 g/mol. The van der Waals surface area contributed by atoms with Crippen LogP contribution < -0.4 is 11.1 Å². The summed E-state index contributed by atoms with van der Waals surface area (Å²) in [6.07, 6.45) is 3.88. The van der Waals surface area contributed by atoms with Crippen molar-refractivity contribution in [2.24, 2.45) is 5.73 Å². The SMILES string of the molecule is NC1CCC(Nc2ccc(Br)cc2[N+](=O)[O-])CC1. The van der Waals surface area contributed by atoms with Gasteiger partial charge in [0, 0.05) is 22.6 Å². The molecule has 1 fully saturated rings. The van der Waals surface area contributed by atoms with Gasteiger partial charge in [-0.1, -0.05) is 15.9 Å². The van der Waals surface area contributed by atoms with E-state index < -0.39 is 0 Å². The van der Waals surface area contributed by atoms with E-state index in [4.69, 9.17) is 5.73 Å². The summed E-state index contributed by atoms with van der Waals surface area (Å²) < 4.78 is 0.713. The molecule has 5 nitrogen and oxygen atoms in total. The van der Waals surface area contributed by atoms with E-state index in [0.29, 0.717) is 10.2 Å². The second kappa shape index (κ2) is 5.67. The molecule has 18 heavy (non-hydrogen) atoms. The molecule has 1 aliphatic carbocycles. The summed E-state index contributed by atoms with van der Waals surface area (Å²) in [6, 6.07) is 5.64. The lowest BCUT2D eigenvalue weighted by molar-refractivity contribution is -0.384. The number of hydrogen-bond donors (Lipinski definition) is 2. The average Bonchev–Trinajstić information content (AvgIpc) is 2.34. The Kier molecular flexibility index (Phi) is 4.19. The van der Waals surface area contributed by atoms with Crippen LogP contribution in [0.1, 0.15) is 25.7 Å². The molecule has 0 aromatic heterocycles. The van der Waals surface area contributed by atoms with Gasteiger partial charge in [-0.2, -0.15) is 0 Å². The lowest BCUT2D eigenvalue weighted by atomic mass is 9.91. The summed E-state index contributed by atoms with van der Waals surface area (Å²) in [4.78, 5) is 10.6. The molecule has 0 aliphatic heterocycles. The van der Waals surface area contributed by atoms with Crippen LogP contribution in [0.3, 0.4) is 0 Å². The first kappa shape index (κ1) is 13.3. The van der Waals surface area contributed by atoms with E-state index in [2.05, 4.69) is 21.2 Å². The van der Waals surface area contributed by atoms with Crippen LogP contribution in [-0.2, 0) is 0 Å². The van der Waals surface area contributed by atoms with Gasteiger partial charge in [-0.05, 0) is 37.8 Å². The van der Waals surface area contributed by atoms with Gasteiger partial charge in [0.15, 0.2) is 0 Å². The molecule has 0 atom stereocenters. The number of nitrogens with zero attached hydrogens (tertiary/aromatic N) is 1. The molecular formula is C12H16BrN3O2. The summed E-state index contributed by atoms with van der Waals surface area (Å²) in [5.74, 6) is 0. The Morgan fingerprint density at radius 3 is 2.61 bits per heavy atom. The monoisotopic (exact) mass is 313 g/mol. The molecule has 0 heterocycles. The van der Waals surface area contributed by atoms with Gasteiger partial charge in [-0.15, -0.1) is 0 Å². The molecule has 0 amide bonds. The first-order valence-electron chi connectivity index (χ1n) is 6.02. The van der Waals surface area contributed by atoms with Crippen LogP contribution in [-0.4, -0.2) is 17.0 Å². The van der Waals surface area contributed by atoms with Gasteiger partial charge in [0.05, 0.1) is 4.92 Å². The highest BCUT2D eigenvalue weighted by atomic mass is 79.9. The fraction of sp³-hybridized carbons (Fsp3) is 0.500. The van der Waals surface area contributed by atoms with E-state index in [-0.39, 0.29) is 22.7 Å². The van der Waals surface area contributed by atoms with Gasteiger partial charge in [0.1, 0.15) is 5.69 Å². The van der Waals surface area contributed by atoms with E-state index >= 15 is 0 Å². The summed E-state index contributed by atoms with van der Waals surface area (Å²) >= 11 is 3.25. The lowest BCUT2D eigenvalue weighted by Crippen LogP contribution is -2.32. The number of benzene rings is 1. The first-order chi connectivity index (χ1) is 8.56. The van der Waals surface area contributed by atoms with Crippen LogP contribution in [0, 0.1) is 10.1 Å². The van der Waals surface area contributed by atoms with Crippen molar-refractivity contribution >= 4 is 27.3 Å².